The van der Waals surface area contributed by atoms with Crippen LogP contribution in [0, 0.1) is 35.0 Å². The highest BCUT2D eigenvalue weighted by Gasteiger charge is 2.66. The van der Waals surface area contributed by atoms with Crippen LogP contribution in [0.4, 0.5) is 0 Å². The lowest BCUT2D eigenvalue weighted by Crippen LogP contribution is -2.59. The number of allylic oxidation sites excluding steroid dienone is 8. The summed E-state index contributed by atoms with van der Waals surface area (Å²) < 4.78 is 0. The third-order valence-electron chi connectivity index (χ3n) is 9.98. The second-order valence-electron chi connectivity index (χ2n) is 12.0. The highest BCUT2D eigenvalue weighted by Crippen LogP contribution is 2.75. The van der Waals surface area contributed by atoms with E-state index < -0.39 is 0 Å². The van der Waals surface area contributed by atoms with Crippen molar-refractivity contribution in [3.05, 3.63) is 94.6 Å². The lowest BCUT2D eigenvalue weighted by atomic mass is 9.36. The SMILES string of the molecule is C=C(C)C1=C(C)C[C@@]2(C)[C@H](C(C)C)[C@@]3(C)C(=C)c4cccc(C)c4C(=C)C3=C(C)[C@@]2(C)C1=C. The predicted molar refractivity (Wildman–Crippen MR) is 146 cm³/mol. The zero-order valence-electron chi connectivity index (χ0n) is 22.4. The molecular weight excluding hydrogens is 396 g/mol. The Morgan fingerprint density at radius 3 is 2.15 bits per heavy atom. The third-order valence-corrected chi connectivity index (χ3v) is 9.98. The van der Waals surface area contributed by atoms with E-state index in [0.29, 0.717) is 11.8 Å². The number of benzene rings is 1. The molecule has 33 heavy (non-hydrogen) atoms. The summed E-state index contributed by atoms with van der Waals surface area (Å²) in [5, 5.41) is 0. The second kappa shape index (κ2) is 7.08. The van der Waals surface area contributed by atoms with Crippen molar-refractivity contribution >= 4 is 11.1 Å². The van der Waals surface area contributed by atoms with Crippen molar-refractivity contribution in [2.75, 3.05) is 0 Å². The fourth-order valence-electron chi connectivity index (χ4n) is 8.80. The minimum Gasteiger partial charge on any atom is -0.0955 e. The van der Waals surface area contributed by atoms with Crippen molar-refractivity contribution in [1.82, 2.24) is 0 Å². The molecule has 4 atom stereocenters. The quantitative estimate of drug-likeness (QED) is 0.431. The first-order chi connectivity index (χ1) is 15.2. The van der Waals surface area contributed by atoms with E-state index in [1.165, 1.54) is 55.7 Å². The second-order valence-corrected chi connectivity index (χ2v) is 12.0. The maximum atomic E-state index is 4.80. The molecule has 0 aromatic heterocycles. The normalized spacial score (nSPS) is 33.9. The Bertz CT molecular complexity index is 1210. The Morgan fingerprint density at radius 1 is 1.00 bits per heavy atom. The van der Waals surface area contributed by atoms with Gasteiger partial charge in [-0.2, -0.15) is 0 Å². The lowest BCUT2D eigenvalue weighted by Gasteiger charge is -2.67. The van der Waals surface area contributed by atoms with E-state index in [1.807, 2.05) is 0 Å². The van der Waals surface area contributed by atoms with E-state index in [0.717, 1.165) is 12.0 Å². The van der Waals surface area contributed by atoms with Gasteiger partial charge in [0.2, 0.25) is 0 Å². The number of rotatable bonds is 2. The van der Waals surface area contributed by atoms with Crippen molar-refractivity contribution in [3.63, 3.8) is 0 Å². The molecule has 0 heteroatoms. The number of fused-ring (bicyclic) bond motifs is 3. The van der Waals surface area contributed by atoms with Gasteiger partial charge < -0.3 is 0 Å². The van der Waals surface area contributed by atoms with Gasteiger partial charge in [0.1, 0.15) is 0 Å². The molecule has 0 saturated heterocycles. The lowest BCUT2D eigenvalue weighted by molar-refractivity contribution is -0.0318. The molecule has 0 saturated carbocycles. The Balaban J connectivity index is 2.18. The van der Waals surface area contributed by atoms with E-state index in [4.69, 9.17) is 19.7 Å². The largest absolute Gasteiger partial charge is 0.0955 e. The van der Waals surface area contributed by atoms with Crippen LogP contribution in [0.25, 0.3) is 11.1 Å². The van der Waals surface area contributed by atoms with E-state index in [1.54, 1.807) is 0 Å². The summed E-state index contributed by atoms with van der Waals surface area (Å²) in [7, 11) is 0. The number of hydrogen-bond acceptors (Lipinski definition) is 0. The number of aryl methyl sites for hydroxylation is 1. The zero-order chi connectivity index (χ0) is 24.8. The van der Waals surface area contributed by atoms with Crippen molar-refractivity contribution in [2.45, 2.75) is 68.7 Å². The standard InChI is InChI=1S/C33H42/c1-18(2)27-21(6)17-31(11)30(19(3)4)32(12)23(8)26-16-14-15-20(5)28(26)22(7)29(32)25(10)33(31,13)24(27)9/h14-16,19,30H,1,7-9,17H2,2-6,10-13H3/t30-,31-,32-,33+/m0/s1. The third kappa shape index (κ3) is 2.59. The van der Waals surface area contributed by atoms with Gasteiger partial charge >= 0.3 is 0 Å². The molecule has 0 bridgehead atoms. The van der Waals surface area contributed by atoms with Gasteiger partial charge in [0, 0.05) is 10.8 Å². The minimum absolute atomic E-state index is 0.00810. The van der Waals surface area contributed by atoms with Gasteiger partial charge in [-0.05, 0) is 95.9 Å². The Labute approximate surface area is 202 Å². The summed E-state index contributed by atoms with van der Waals surface area (Å²) in [6, 6.07) is 6.63. The molecule has 0 unspecified atom stereocenters. The Kier molecular flexibility index (Phi) is 5.11. The zero-order valence-corrected chi connectivity index (χ0v) is 22.4. The molecule has 3 aliphatic rings. The van der Waals surface area contributed by atoms with Crippen LogP contribution in [0.3, 0.4) is 0 Å². The van der Waals surface area contributed by atoms with Crippen LogP contribution in [0.5, 0.6) is 0 Å². The van der Waals surface area contributed by atoms with Gasteiger partial charge in [-0.15, -0.1) is 0 Å². The topological polar surface area (TPSA) is 0 Å². The van der Waals surface area contributed by atoms with E-state index in [-0.39, 0.29) is 16.2 Å². The van der Waals surface area contributed by atoms with E-state index in [2.05, 4.69) is 87.1 Å². The first-order valence-corrected chi connectivity index (χ1v) is 12.4. The Hall–Kier alpha value is -2.34. The van der Waals surface area contributed by atoms with Crippen LogP contribution in [0.2, 0.25) is 0 Å². The minimum atomic E-state index is -0.175. The van der Waals surface area contributed by atoms with Gasteiger partial charge in [0.25, 0.3) is 0 Å². The Morgan fingerprint density at radius 2 is 1.61 bits per heavy atom. The summed E-state index contributed by atoms with van der Waals surface area (Å²) in [4.78, 5) is 0. The summed E-state index contributed by atoms with van der Waals surface area (Å²) in [5.74, 6) is 0.871. The van der Waals surface area contributed by atoms with Crippen LogP contribution < -0.4 is 0 Å². The summed E-state index contributed by atoms with van der Waals surface area (Å²) in [6.45, 7) is 39.9. The molecule has 0 fully saturated rings. The van der Waals surface area contributed by atoms with Crippen LogP contribution in [0.1, 0.15) is 78.5 Å². The van der Waals surface area contributed by atoms with Gasteiger partial charge in [0.05, 0.1) is 0 Å². The van der Waals surface area contributed by atoms with Crippen molar-refractivity contribution in [2.24, 2.45) is 28.1 Å². The smallest absolute Gasteiger partial charge is 0.0217 e. The maximum absolute atomic E-state index is 4.80. The molecule has 0 spiro atoms. The average molecular weight is 439 g/mol. The molecule has 3 aliphatic carbocycles. The highest BCUT2D eigenvalue weighted by atomic mass is 14.7. The highest BCUT2D eigenvalue weighted by molar-refractivity contribution is 5.98. The summed E-state index contributed by atoms with van der Waals surface area (Å²) in [6.07, 6.45) is 1.05. The molecule has 0 amide bonds. The van der Waals surface area contributed by atoms with E-state index >= 15 is 0 Å². The first-order valence-electron chi connectivity index (χ1n) is 12.4. The molecular formula is C33H42. The molecule has 174 valence electrons. The molecule has 1 aromatic carbocycles. The monoisotopic (exact) mass is 438 g/mol. The van der Waals surface area contributed by atoms with Crippen molar-refractivity contribution in [3.8, 4) is 0 Å². The average Bonchev–Trinajstić information content (AvgIpc) is 2.68. The predicted octanol–water partition coefficient (Wildman–Crippen LogP) is 9.51. The van der Waals surface area contributed by atoms with Gasteiger partial charge in [0.15, 0.2) is 0 Å². The molecule has 4 rings (SSSR count). The molecule has 0 aliphatic heterocycles. The summed E-state index contributed by atoms with van der Waals surface area (Å²) in [5.41, 5.74) is 13.8. The fourth-order valence-corrected chi connectivity index (χ4v) is 8.80. The fraction of sp³-hybridized carbons (Fsp3) is 0.455. The van der Waals surface area contributed by atoms with Crippen molar-refractivity contribution < 1.29 is 0 Å². The van der Waals surface area contributed by atoms with Gasteiger partial charge in [-0.3, -0.25) is 0 Å². The maximum Gasteiger partial charge on any atom is 0.0217 e. The van der Waals surface area contributed by atoms with Gasteiger partial charge in [-0.1, -0.05) is 95.9 Å². The molecule has 0 heterocycles. The molecule has 0 radical (unpaired) electrons. The van der Waals surface area contributed by atoms with Crippen LogP contribution in [-0.4, -0.2) is 0 Å². The summed E-state index contributed by atoms with van der Waals surface area (Å²) >= 11 is 0. The molecule has 0 N–H and O–H groups in total. The molecule has 1 aromatic rings. The van der Waals surface area contributed by atoms with Crippen LogP contribution in [0.15, 0.2) is 78.0 Å². The van der Waals surface area contributed by atoms with Crippen molar-refractivity contribution in [1.29, 1.82) is 0 Å². The molecule has 0 nitrogen and oxygen atoms in total. The first kappa shape index (κ1) is 23.8. The van der Waals surface area contributed by atoms with Crippen LogP contribution >= 0.6 is 0 Å². The van der Waals surface area contributed by atoms with E-state index in [9.17, 15) is 0 Å². The van der Waals surface area contributed by atoms with Gasteiger partial charge in [-0.25, -0.2) is 0 Å². The number of hydrogen-bond donors (Lipinski definition) is 0. The van der Waals surface area contributed by atoms with Crippen LogP contribution in [-0.2, 0) is 0 Å².